The predicted molar refractivity (Wildman–Crippen MR) is 87.6 cm³/mol. The zero-order valence-corrected chi connectivity index (χ0v) is 13.4. The molecule has 1 fully saturated rings. The molecule has 0 aromatic heterocycles. The van der Waals surface area contributed by atoms with Gasteiger partial charge in [-0.05, 0) is 36.7 Å². The van der Waals surface area contributed by atoms with Crippen molar-refractivity contribution >= 4 is 22.8 Å². The van der Waals surface area contributed by atoms with E-state index in [1.807, 2.05) is 0 Å². The van der Waals surface area contributed by atoms with E-state index in [-0.39, 0.29) is 22.5 Å². The molecular weight excluding hydrogens is 300 g/mol. The molecule has 0 saturated heterocycles. The Morgan fingerprint density at radius 3 is 2.52 bits per heavy atom. The maximum Gasteiger partial charge on any atom is 0.301 e. The van der Waals surface area contributed by atoms with Crippen molar-refractivity contribution in [3.05, 3.63) is 38.4 Å². The Balaban J connectivity index is 2.24. The van der Waals surface area contributed by atoms with Gasteiger partial charge in [-0.15, -0.1) is 0 Å². The van der Waals surface area contributed by atoms with Crippen LogP contribution in [0.15, 0.2) is 23.3 Å². The van der Waals surface area contributed by atoms with E-state index in [0.717, 1.165) is 31.0 Å². The molecule has 1 N–H and O–H groups in total. The van der Waals surface area contributed by atoms with Crippen LogP contribution in [0.5, 0.6) is 0 Å². The van der Waals surface area contributed by atoms with Gasteiger partial charge in [-0.2, -0.15) is 5.10 Å². The molecule has 23 heavy (non-hydrogen) atoms. The summed E-state index contributed by atoms with van der Waals surface area (Å²) in [6.07, 6.45) is 2.78. The van der Waals surface area contributed by atoms with Gasteiger partial charge in [-0.1, -0.05) is 20.8 Å². The summed E-state index contributed by atoms with van der Waals surface area (Å²) >= 11 is 0. The lowest BCUT2D eigenvalue weighted by Gasteiger charge is -2.34. The molecule has 1 aliphatic rings. The number of hydrazone groups is 1. The standard InChI is InChI=1S/C15H20N4O4/c1-10-6-11(9-15(2,3)8-10)16-17-13-5-4-12(18(20)21)7-14(13)19(22)23/h4-5,7,10,17H,6,8-9H2,1-3H3/b16-11+/t10-/m0/s1. The summed E-state index contributed by atoms with van der Waals surface area (Å²) in [6, 6.07) is 3.48. The number of benzene rings is 1. The predicted octanol–water partition coefficient (Wildman–Crippen LogP) is 4.12. The third kappa shape index (κ3) is 4.24. The van der Waals surface area contributed by atoms with Crippen LogP contribution in [0.25, 0.3) is 0 Å². The van der Waals surface area contributed by atoms with Crippen molar-refractivity contribution < 1.29 is 9.85 Å². The molecule has 2 rings (SSSR count). The lowest BCUT2D eigenvalue weighted by Crippen LogP contribution is -2.28. The Morgan fingerprint density at radius 1 is 1.26 bits per heavy atom. The Morgan fingerprint density at radius 2 is 1.96 bits per heavy atom. The van der Waals surface area contributed by atoms with Crippen molar-refractivity contribution in [2.24, 2.45) is 16.4 Å². The van der Waals surface area contributed by atoms with Gasteiger partial charge < -0.3 is 0 Å². The maximum absolute atomic E-state index is 11.1. The summed E-state index contributed by atoms with van der Waals surface area (Å²) in [7, 11) is 0. The number of nitro groups is 2. The van der Waals surface area contributed by atoms with Crippen LogP contribution >= 0.6 is 0 Å². The minimum Gasteiger partial charge on any atom is -0.272 e. The van der Waals surface area contributed by atoms with Gasteiger partial charge in [0.25, 0.3) is 5.69 Å². The topological polar surface area (TPSA) is 111 Å². The minimum atomic E-state index is -0.659. The lowest BCUT2D eigenvalue weighted by atomic mass is 9.72. The highest BCUT2D eigenvalue weighted by molar-refractivity contribution is 5.87. The minimum absolute atomic E-state index is 0.152. The Bertz CT molecular complexity index is 669. The summed E-state index contributed by atoms with van der Waals surface area (Å²) in [5, 5.41) is 26.1. The third-order valence-corrected chi connectivity index (χ3v) is 3.89. The van der Waals surface area contributed by atoms with Crippen molar-refractivity contribution in [3.63, 3.8) is 0 Å². The molecule has 1 aromatic rings. The van der Waals surface area contributed by atoms with Crippen molar-refractivity contribution in [3.8, 4) is 0 Å². The number of nitrogens with one attached hydrogen (secondary N) is 1. The number of anilines is 1. The first-order valence-corrected chi connectivity index (χ1v) is 7.42. The average Bonchev–Trinajstić information content (AvgIpc) is 2.42. The highest BCUT2D eigenvalue weighted by Gasteiger charge is 2.29. The third-order valence-electron chi connectivity index (χ3n) is 3.89. The van der Waals surface area contributed by atoms with Gasteiger partial charge in [-0.3, -0.25) is 25.7 Å². The zero-order chi connectivity index (χ0) is 17.2. The van der Waals surface area contributed by atoms with Gasteiger partial charge in [0.15, 0.2) is 0 Å². The SMILES string of the molecule is C[C@H]1C/C(=N\Nc2ccc([N+](=O)[O-])cc2[N+](=O)[O-])CC(C)(C)C1. The molecule has 0 unspecified atom stereocenters. The smallest absolute Gasteiger partial charge is 0.272 e. The summed E-state index contributed by atoms with van der Waals surface area (Å²) in [5.41, 5.74) is 3.31. The molecule has 0 heterocycles. The van der Waals surface area contributed by atoms with E-state index < -0.39 is 9.85 Å². The van der Waals surface area contributed by atoms with E-state index in [9.17, 15) is 20.2 Å². The highest BCUT2D eigenvalue weighted by atomic mass is 16.6. The van der Waals surface area contributed by atoms with Crippen molar-refractivity contribution in [1.29, 1.82) is 0 Å². The fraction of sp³-hybridized carbons (Fsp3) is 0.533. The van der Waals surface area contributed by atoms with Crippen LogP contribution < -0.4 is 5.43 Å². The van der Waals surface area contributed by atoms with Gasteiger partial charge in [0.1, 0.15) is 5.69 Å². The second-order valence-corrected chi connectivity index (χ2v) is 6.86. The van der Waals surface area contributed by atoms with Crippen LogP contribution in [-0.2, 0) is 0 Å². The Labute approximate surface area is 133 Å². The molecular formula is C15H20N4O4. The molecule has 0 spiro atoms. The molecule has 1 saturated carbocycles. The summed E-state index contributed by atoms with van der Waals surface area (Å²) in [6.45, 7) is 6.50. The van der Waals surface area contributed by atoms with Crippen LogP contribution in [0.3, 0.4) is 0 Å². The second-order valence-electron chi connectivity index (χ2n) is 6.86. The molecule has 0 radical (unpaired) electrons. The van der Waals surface area contributed by atoms with Gasteiger partial charge in [0.05, 0.1) is 15.9 Å². The first-order valence-electron chi connectivity index (χ1n) is 7.42. The lowest BCUT2D eigenvalue weighted by molar-refractivity contribution is -0.393. The first-order chi connectivity index (χ1) is 10.7. The molecule has 1 aliphatic carbocycles. The monoisotopic (exact) mass is 320 g/mol. The fourth-order valence-corrected chi connectivity index (χ4v) is 3.22. The normalized spacial score (nSPS) is 21.9. The summed E-state index contributed by atoms with van der Waals surface area (Å²) in [5.74, 6) is 0.506. The molecule has 124 valence electrons. The Kier molecular flexibility index (Phi) is 4.63. The maximum atomic E-state index is 11.1. The second kappa shape index (κ2) is 6.31. The summed E-state index contributed by atoms with van der Waals surface area (Å²) < 4.78 is 0. The van der Waals surface area contributed by atoms with Crippen LogP contribution in [0.1, 0.15) is 40.0 Å². The van der Waals surface area contributed by atoms with E-state index in [4.69, 9.17) is 0 Å². The van der Waals surface area contributed by atoms with Gasteiger partial charge in [-0.25, -0.2) is 0 Å². The van der Waals surface area contributed by atoms with Crippen LogP contribution in [0, 0.1) is 31.6 Å². The van der Waals surface area contributed by atoms with Gasteiger partial charge in [0.2, 0.25) is 0 Å². The Hall–Kier alpha value is -2.51. The van der Waals surface area contributed by atoms with E-state index >= 15 is 0 Å². The summed E-state index contributed by atoms with van der Waals surface area (Å²) in [4.78, 5) is 20.5. The van der Waals surface area contributed by atoms with E-state index in [0.29, 0.717) is 5.92 Å². The van der Waals surface area contributed by atoms with Crippen molar-refractivity contribution in [1.82, 2.24) is 0 Å². The molecule has 0 amide bonds. The van der Waals surface area contributed by atoms with Gasteiger partial charge >= 0.3 is 5.69 Å². The molecule has 8 nitrogen and oxygen atoms in total. The number of nitrogens with zero attached hydrogens (tertiary/aromatic N) is 3. The molecule has 1 aromatic carbocycles. The first kappa shape index (κ1) is 16.9. The van der Waals surface area contributed by atoms with E-state index in [1.54, 1.807) is 0 Å². The number of rotatable bonds is 4. The molecule has 1 atom stereocenters. The van der Waals surface area contributed by atoms with Crippen LogP contribution in [-0.4, -0.2) is 15.6 Å². The number of hydrogen-bond acceptors (Lipinski definition) is 6. The number of hydrogen-bond donors (Lipinski definition) is 1. The average molecular weight is 320 g/mol. The van der Waals surface area contributed by atoms with Crippen molar-refractivity contribution in [2.75, 3.05) is 5.43 Å². The highest BCUT2D eigenvalue weighted by Crippen LogP contribution is 2.37. The van der Waals surface area contributed by atoms with Crippen LogP contribution in [0.2, 0.25) is 0 Å². The van der Waals surface area contributed by atoms with Gasteiger partial charge in [0, 0.05) is 11.8 Å². The largest absolute Gasteiger partial charge is 0.301 e. The quantitative estimate of drug-likeness (QED) is 0.662. The van der Waals surface area contributed by atoms with Crippen molar-refractivity contribution in [2.45, 2.75) is 40.0 Å². The molecule has 0 bridgehead atoms. The van der Waals surface area contributed by atoms with E-state index in [1.165, 1.54) is 12.1 Å². The zero-order valence-electron chi connectivity index (χ0n) is 13.4. The number of non-ortho nitro benzene ring substituents is 1. The van der Waals surface area contributed by atoms with E-state index in [2.05, 4.69) is 31.3 Å². The van der Waals surface area contributed by atoms with Crippen LogP contribution in [0.4, 0.5) is 17.1 Å². The molecule has 8 heteroatoms. The fourth-order valence-electron chi connectivity index (χ4n) is 3.22. The molecule has 0 aliphatic heterocycles. The number of nitro benzene ring substituents is 2.